The summed E-state index contributed by atoms with van der Waals surface area (Å²) in [5, 5.41) is 6.25. The summed E-state index contributed by atoms with van der Waals surface area (Å²) in [5.74, 6) is 0.212. The lowest BCUT2D eigenvalue weighted by Crippen LogP contribution is -2.47. The van der Waals surface area contributed by atoms with Crippen LogP contribution in [0.15, 0.2) is 53.6 Å². The topological polar surface area (TPSA) is 74.7 Å². The van der Waals surface area contributed by atoms with E-state index in [-0.39, 0.29) is 36.1 Å². The number of hydrazone groups is 1. The number of halogens is 1. The maximum absolute atomic E-state index is 13.9. The van der Waals surface area contributed by atoms with E-state index in [4.69, 9.17) is 14.6 Å². The summed E-state index contributed by atoms with van der Waals surface area (Å²) in [6, 6.07) is 13.4. The molecule has 1 unspecified atom stereocenters. The number of amides is 2. The van der Waals surface area contributed by atoms with Gasteiger partial charge in [0.25, 0.3) is 5.91 Å². The van der Waals surface area contributed by atoms with E-state index < -0.39 is 0 Å². The zero-order valence-electron chi connectivity index (χ0n) is 22.6. The quantitative estimate of drug-likeness (QED) is 0.487. The Bertz CT molecular complexity index is 1160. The number of rotatable bonds is 9. The van der Waals surface area contributed by atoms with Gasteiger partial charge in [0, 0.05) is 38.5 Å². The van der Waals surface area contributed by atoms with Crippen molar-refractivity contribution in [2.24, 2.45) is 11.0 Å². The van der Waals surface area contributed by atoms with Gasteiger partial charge in [-0.15, -0.1) is 0 Å². The van der Waals surface area contributed by atoms with Gasteiger partial charge in [-0.3, -0.25) is 14.5 Å². The Labute approximate surface area is 229 Å². The van der Waals surface area contributed by atoms with Crippen molar-refractivity contribution >= 4 is 17.5 Å². The van der Waals surface area contributed by atoms with Crippen LogP contribution in [0.2, 0.25) is 0 Å². The second-order valence-electron chi connectivity index (χ2n) is 10.5. The number of methoxy groups -OCH3 is 1. The summed E-state index contributed by atoms with van der Waals surface area (Å²) in [4.78, 5) is 31.4. The van der Waals surface area contributed by atoms with Gasteiger partial charge in [0.1, 0.15) is 18.1 Å². The minimum atomic E-state index is -0.377. The molecule has 0 radical (unpaired) electrons. The van der Waals surface area contributed by atoms with Crippen LogP contribution in [0.4, 0.5) is 4.39 Å². The van der Waals surface area contributed by atoms with Gasteiger partial charge in [0.05, 0.1) is 32.1 Å². The molecule has 208 valence electrons. The van der Waals surface area contributed by atoms with Crippen molar-refractivity contribution in [1.82, 2.24) is 14.8 Å². The molecule has 1 saturated heterocycles. The number of morpholine rings is 1. The van der Waals surface area contributed by atoms with Crippen LogP contribution in [-0.2, 0) is 14.3 Å². The molecule has 0 aromatic heterocycles. The predicted octanol–water partition coefficient (Wildman–Crippen LogP) is 3.86. The average molecular weight is 537 g/mol. The lowest BCUT2D eigenvalue weighted by Gasteiger charge is -2.32. The molecule has 5 rings (SSSR count). The SMILES string of the molecule is COc1ccc(C2=NN(C(=O)CN(CCN3CCOCC3)C(=O)C3CCCC3)C(c3ccc(F)cc3)C2)cc1. The van der Waals surface area contributed by atoms with E-state index in [1.807, 2.05) is 24.3 Å². The van der Waals surface area contributed by atoms with Crippen LogP contribution < -0.4 is 4.74 Å². The number of carbonyl (C=O) groups is 2. The van der Waals surface area contributed by atoms with Crippen molar-refractivity contribution < 1.29 is 23.5 Å². The van der Waals surface area contributed by atoms with Crippen LogP contribution in [-0.4, -0.2) is 85.4 Å². The molecule has 2 heterocycles. The first-order valence-electron chi connectivity index (χ1n) is 13.9. The fourth-order valence-corrected chi connectivity index (χ4v) is 5.66. The Morgan fingerprint density at radius 2 is 1.74 bits per heavy atom. The van der Waals surface area contributed by atoms with Crippen molar-refractivity contribution in [2.45, 2.75) is 38.1 Å². The van der Waals surface area contributed by atoms with E-state index in [1.54, 1.807) is 24.1 Å². The highest BCUT2D eigenvalue weighted by Gasteiger charge is 2.36. The molecule has 0 bridgehead atoms. The predicted molar refractivity (Wildman–Crippen MR) is 146 cm³/mol. The van der Waals surface area contributed by atoms with E-state index in [9.17, 15) is 14.0 Å². The normalized spacial score (nSPS) is 20.2. The molecule has 3 aliphatic rings. The van der Waals surface area contributed by atoms with Gasteiger partial charge in [-0.25, -0.2) is 9.40 Å². The highest BCUT2D eigenvalue weighted by molar-refractivity contribution is 6.03. The Balaban J connectivity index is 1.37. The molecule has 39 heavy (non-hydrogen) atoms. The van der Waals surface area contributed by atoms with Crippen LogP contribution in [0.5, 0.6) is 5.75 Å². The maximum Gasteiger partial charge on any atom is 0.262 e. The van der Waals surface area contributed by atoms with Gasteiger partial charge in [-0.2, -0.15) is 5.10 Å². The van der Waals surface area contributed by atoms with Gasteiger partial charge in [0.15, 0.2) is 0 Å². The van der Waals surface area contributed by atoms with E-state index >= 15 is 0 Å². The van der Waals surface area contributed by atoms with Gasteiger partial charge in [-0.05, 0) is 60.4 Å². The number of nitrogens with zero attached hydrogens (tertiary/aromatic N) is 4. The molecule has 0 N–H and O–H groups in total. The van der Waals surface area contributed by atoms with E-state index in [0.29, 0.717) is 32.7 Å². The first-order valence-corrected chi connectivity index (χ1v) is 13.9. The smallest absolute Gasteiger partial charge is 0.262 e. The molecule has 8 nitrogen and oxygen atoms in total. The summed E-state index contributed by atoms with van der Waals surface area (Å²) < 4.78 is 24.5. The van der Waals surface area contributed by atoms with Crippen molar-refractivity contribution in [3.8, 4) is 5.75 Å². The van der Waals surface area contributed by atoms with E-state index in [2.05, 4.69) is 4.90 Å². The minimum Gasteiger partial charge on any atom is -0.497 e. The zero-order valence-corrected chi connectivity index (χ0v) is 22.6. The van der Waals surface area contributed by atoms with E-state index in [1.165, 1.54) is 17.1 Å². The lowest BCUT2D eigenvalue weighted by atomic mass is 9.98. The van der Waals surface area contributed by atoms with Gasteiger partial charge >= 0.3 is 0 Å². The molecule has 1 aliphatic carbocycles. The number of hydrogen-bond donors (Lipinski definition) is 0. The molecule has 9 heteroatoms. The molecule has 2 aliphatic heterocycles. The monoisotopic (exact) mass is 536 g/mol. The second-order valence-corrected chi connectivity index (χ2v) is 10.5. The lowest BCUT2D eigenvalue weighted by molar-refractivity contribution is -0.144. The maximum atomic E-state index is 13.9. The number of ether oxygens (including phenoxy) is 2. The summed E-state index contributed by atoms with van der Waals surface area (Å²) in [6.45, 7) is 4.19. The molecule has 1 atom stereocenters. The Morgan fingerprint density at radius 1 is 1.05 bits per heavy atom. The van der Waals surface area contributed by atoms with Crippen LogP contribution in [0, 0.1) is 11.7 Å². The minimum absolute atomic E-state index is 0.0210. The zero-order chi connectivity index (χ0) is 27.2. The third-order valence-corrected chi connectivity index (χ3v) is 7.98. The summed E-state index contributed by atoms with van der Waals surface area (Å²) in [5.41, 5.74) is 2.46. The highest BCUT2D eigenvalue weighted by atomic mass is 19.1. The second kappa shape index (κ2) is 12.7. The number of benzene rings is 2. The summed E-state index contributed by atoms with van der Waals surface area (Å²) in [6.07, 6.45) is 4.35. The van der Waals surface area contributed by atoms with Crippen LogP contribution >= 0.6 is 0 Å². The Hall–Kier alpha value is -3.30. The van der Waals surface area contributed by atoms with Crippen LogP contribution in [0.3, 0.4) is 0 Å². The van der Waals surface area contributed by atoms with Crippen LogP contribution in [0.1, 0.15) is 49.3 Å². The van der Waals surface area contributed by atoms with Crippen molar-refractivity contribution in [2.75, 3.05) is 53.0 Å². The molecule has 2 aromatic carbocycles. The first-order chi connectivity index (χ1) is 19.0. The molecule has 0 spiro atoms. The molecule has 2 aromatic rings. The fourth-order valence-electron chi connectivity index (χ4n) is 5.66. The molecular weight excluding hydrogens is 499 g/mol. The third-order valence-electron chi connectivity index (χ3n) is 7.98. The van der Waals surface area contributed by atoms with Crippen LogP contribution in [0.25, 0.3) is 0 Å². The summed E-state index contributed by atoms with van der Waals surface area (Å²) >= 11 is 0. The van der Waals surface area contributed by atoms with Gasteiger partial charge in [-0.1, -0.05) is 25.0 Å². The third kappa shape index (κ3) is 6.65. The molecule has 2 amide bonds. The Kier molecular flexibility index (Phi) is 8.88. The van der Waals surface area contributed by atoms with Gasteiger partial charge < -0.3 is 14.4 Å². The number of carbonyl (C=O) groups excluding carboxylic acids is 2. The summed E-state index contributed by atoms with van der Waals surface area (Å²) in [7, 11) is 1.62. The largest absolute Gasteiger partial charge is 0.497 e. The molecular formula is C30H37FN4O4. The fraction of sp³-hybridized carbons (Fsp3) is 0.500. The van der Waals surface area contributed by atoms with Crippen molar-refractivity contribution in [3.05, 3.63) is 65.5 Å². The van der Waals surface area contributed by atoms with E-state index in [0.717, 1.165) is 61.4 Å². The van der Waals surface area contributed by atoms with Crippen molar-refractivity contribution in [3.63, 3.8) is 0 Å². The first kappa shape index (κ1) is 27.3. The standard InChI is InChI=1S/C30H37FN4O4/c1-38-26-12-8-22(9-13-26)27-20-28(23-6-10-25(31)11-7-23)35(32-27)29(36)21-34(30(37)24-4-2-3-5-24)15-14-33-16-18-39-19-17-33/h6-13,24,28H,2-5,14-21H2,1H3. The van der Waals surface area contributed by atoms with Gasteiger partial charge in [0.2, 0.25) is 5.91 Å². The molecule has 2 fully saturated rings. The number of hydrogen-bond acceptors (Lipinski definition) is 6. The highest BCUT2D eigenvalue weighted by Crippen LogP contribution is 2.34. The molecule has 1 saturated carbocycles. The Morgan fingerprint density at radius 3 is 2.41 bits per heavy atom. The van der Waals surface area contributed by atoms with Crippen molar-refractivity contribution in [1.29, 1.82) is 0 Å². The average Bonchev–Trinajstić information content (AvgIpc) is 3.67.